The van der Waals surface area contributed by atoms with Crippen molar-refractivity contribution in [2.45, 2.75) is 13.3 Å². The standard InChI is InChI=1S/C9H6ClF2NO3/c1-4(14)7-5(10)2-3-6(13(15)16)8(7)9(11)12/h2-3,9H,1H3. The smallest absolute Gasteiger partial charge is 0.279 e. The van der Waals surface area contributed by atoms with Crippen LogP contribution in [0.2, 0.25) is 5.02 Å². The SMILES string of the molecule is CC(=O)c1c(Cl)ccc([N+](=O)[O-])c1C(F)F. The average molecular weight is 250 g/mol. The highest BCUT2D eigenvalue weighted by atomic mass is 35.5. The van der Waals surface area contributed by atoms with E-state index in [-0.39, 0.29) is 5.02 Å². The molecule has 0 fully saturated rings. The lowest BCUT2D eigenvalue weighted by Gasteiger charge is -2.08. The number of benzene rings is 1. The van der Waals surface area contributed by atoms with Gasteiger partial charge in [-0.1, -0.05) is 11.6 Å². The van der Waals surface area contributed by atoms with E-state index in [0.717, 1.165) is 19.1 Å². The predicted molar refractivity (Wildman–Crippen MR) is 53.1 cm³/mol. The third kappa shape index (κ3) is 2.16. The maximum Gasteiger partial charge on any atom is 0.279 e. The molecular weight excluding hydrogens is 244 g/mol. The number of carbonyl (C=O) groups is 1. The Hall–Kier alpha value is -1.56. The summed E-state index contributed by atoms with van der Waals surface area (Å²) in [6.45, 7) is 1.02. The number of hydrogen-bond acceptors (Lipinski definition) is 3. The van der Waals surface area contributed by atoms with Gasteiger partial charge >= 0.3 is 0 Å². The Bertz CT molecular complexity index is 462. The van der Waals surface area contributed by atoms with Crippen LogP contribution in [0, 0.1) is 10.1 Å². The first-order valence-electron chi connectivity index (χ1n) is 4.12. The van der Waals surface area contributed by atoms with Crippen LogP contribution in [-0.2, 0) is 0 Å². The van der Waals surface area contributed by atoms with Crippen molar-refractivity contribution in [3.05, 3.63) is 38.4 Å². The van der Waals surface area contributed by atoms with Crippen molar-refractivity contribution in [3.63, 3.8) is 0 Å². The van der Waals surface area contributed by atoms with E-state index in [9.17, 15) is 23.7 Å². The molecule has 1 aromatic rings. The van der Waals surface area contributed by atoms with Crippen molar-refractivity contribution in [1.82, 2.24) is 0 Å². The lowest BCUT2D eigenvalue weighted by molar-refractivity contribution is -0.386. The van der Waals surface area contributed by atoms with Gasteiger partial charge in [-0.05, 0) is 13.0 Å². The van der Waals surface area contributed by atoms with Crippen LogP contribution in [0.25, 0.3) is 0 Å². The summed E-state index contributed by atoms with van der Waals surface area (Å²) in [6.07, 6.45) is -3.13. The Kier molecular flexibility index (Phi) is 3.54. The minimum Gasteiger partial charge on any atom is -0.294 e. The van der Waals surface area contributed by atoms with E-state index in [1.54, 1.807) is 0 Å². The van der Waals surface area contributed by atoms with Gasteiger partial charge in [0.1, 0.15) is 5.56 Å². The van der Waals surface area contributed by atoms with Crippen LogP contribution >= 0.6 is 11.6 Å². The Morgan fingerprint density at radius 2 is 2.06 bits per heavy atom. The van der Waals surface area contributed by atoms with Crippen molar-refractivity contribution in [2.75, 3.05) is 0 Å². The first-order valence-corrected chi connectivity index (χ1v) is 4.50. The topological polar surface area (TPSA) is 60.2 Å². The molecule has 0 saturated heterocycles. The number of halogens is 3. The quantitative estimate of drug-likeness (QED) is 0.469. The molecule has 0 aliphatic carbocycles. The number of rotatable bonds is 3. The summed E-state index contributed by atoms with van der Waals surface area (Å²) in [5.74, 6) is -0.732. The number of nitrogens with zero attached hydrogens (tertiary/aromatic N) is 1. The summed E-state index contributed by atoms with van der Waals surface area (Å²) in [5, 5.41) is 10.3. The van der Waals surface area contributed by atoms with Gasteiger partial charge in [-0.15, -0.1) is 0 Å². The van der Waals surface area contributed by atoms with E-state index >= 15 is 0 Å². The first-order chi connectivity index (χ1) is 7.36. The van der Waals surface area contributed by atoms with Crippen LogP contribution < -0.4 is 0 Å². The number of hydrogen-bond donors (Lipinski definition) is 0. The number of ketones is 1. The van der Waals surface area contributed by atoms with E-state index in [0.29, 0.717) is 0 Å². The molecule has 0 spiro atoms. The van der Waals surface area contributed by atoms with E-state index in [1.165, 1.54) is 0 Å². The van der Waals surface area contributed by atoms with E-state index in [1.807, 2.05) is 0 Å². The fraction of sp³-hybridized carbons (Fsp3) is 0.222. The average Bonchev–Trinajstić information content (AvgIpc) is 2.15. The van der Waals surface area contributed by atoms with Gasteiger partial charge in [0.15, 0.2) is 5.78 Å². The maximum absolute atomic E-state index is 12.7. The van der Waals surface area contributed by atoms with Gasteiger partial charge in [0.05, 0.1) is 15.5 Å². The summed E-state index contributed by atoms with van der Waals surface area (Å²) in [5.41, 5.74) is -2.22. The molecule has 86 valence electrons. The van der Waals surface area contributed by atoms with Crippen LogP contribution in [0.1, 0.15) is 29.3 Å². The predicted octanol–water partition coefficient (Wildman–Crippen LogP) is 3.39. The second kappa shape index (κ2) is 4.52. The summed E-state index contributed by atoms with van der Waals surface area (Å²) in [7, 11) is 0. The Morgan fingerprint density at radius 3 is 2.44 bits per heavy atom. The van der Waals surface area contributed by atoms with Crippen molar-refractivity contribution in [1.29, 1.82) is 0 Å². The van der Waals surface area contributed by atoms with Gasteiger partial charge in [-0.3, -0.25) is 14.9 Å². The number of nitro groups is 1. The van der Waals surface area contributed by atoms with Gasteiger partial charge in [-0.25, -0.2) is 8.78 Å². The Morgan fingerprint density at radius 1 is 1.50 bits per heavy atom. The third-order valence-electron chi connectivity index (χ3n) is 1.94. The molecule has 0 heterocycles. The summed E-state index contributed by atoms with van der Waals surface area (Å²) in [6, 6.07) is 1.92. The van der Waals surface area contributed by atoms with Crippen LogP contribution in [0.3, 0.4) is 0 Å². The molecule has 0 atom stereocenters. The minimum absolute atomic E-state index is 0.214. The van der Waals surface area contributed by atoms with Crippen LogP contribution in [0.15, 0.2) is 12.1 Å². The fourth-order valence-corrected chi connectivity index (χ4v) is 1.62. The zero-order valence-electron chi connectivity index (χ0n) is 8.04. The highest BCUT2D eigenvalue weighted by molar-refractivity contribution is 6.34. The summed E-state index contributed by atoms with van der Waals surface area (Å²) in [4.78, 5) is 20.7. The summed E-state index contributed by atoms with van der Waals surface area (Å²) >= 11 is 5.57. The van der Waals surface area contributed by atoms with Crippen LogP contribution in [0.4, 0.5) is 14.5 Å². The first kappa shape index (κ1) is 12.5. The highest BCUT2D eigenvalue weighted by Gasteiger charge is 2.29. The number of nitro benzene ring substituents is 1. The minimum atomic E-state index is -3.13. The Labute approximate surface area is 94.0 Å². The second-order valence-electron chi connectivity index (χ2n) is 2.97. The monoisotopic (exact) mass is 249 g/mol. The molecule has 7 heteroatoms. The lowest BCUT2D eigenvalue weighted by Crippen LogP contribution is -2.05. The van der Waals surface area contributed by atoms with Gasteiger partial charge in [0.2, 0.25) is 0 Å². The van der Waals surface area contributed by atoms with E-state index in [2.05, 4.69) is 0 Å². The zero-order chi connectivity index (χ0) is 12.5. The normalized spacial score (nSPS) is 10.6. The molecular formula is C9H6ClF2NO3. The summed E-state index contributed by atoms with van der Waals surface area (Å²) < 4.78 is 25.3. The molecule has 16 heavy (non-hydrogen) atoms. The van der Waals surface area contributed by atoms with Gasteiger partial charge in [0.25, 0.3) is 12.1 Å². The van der Waals surface area contributed by atoms with E-state index in [4.69, 9.17) is 11.6 Å². The molecule has 0 aliphatic rings. The van der Waals surface area contributed by atoms with Crippen molar-refractivity contribution >= 4 is 23.1 Å². The largest absolute Gasteiger partial charge is 0.294 e. The number of carbonyl (C=O) groups excluding carboxylic acids is 1. The second-order valence-corrected chi connectivity index (χ2v) is 3.38. The molecule has 1 rings (SSSR count). The molecule has 0 saturated carbocycles. The van der Waals surface area contributed by atoms with Crippen LogP contribution in [-0.4, -0.2) is 10.7 Å². The molecule has 0 aliphatic heterocycles. The molecule has 0 amide bonds. The molecule has 0 unspecified atom stereocenters. The molecule has 0 aromatic heterocycles. The molecule has 0 radical (unpaired) electrons. The van der Waals surface area contributed by atoms with Crippen molar-refractivity contribution in [3.8, 4) is 0 Å². The maximum atomic E-state index is 12.7. The molecule has 0 bridgehead atoms. The number of alkyl halides is 2. The van der Waals surface area contributed by atoms with Gasteiger partial charge in [0, 0.05) is 6.07 Å². The van der Waals surface area contributed by atoms with Gasteiger partial charge in [-0.2, -0.15) is 0 Å². The van der Waals surface area contributed by atoms with Crippen molar-refractivity contribution in [2.24, 2.45) is 0 Å². The number of Topliss-reactive ketones (excluding diaryl/α,β-unsaturated/α-hetero) is 1. The molecule has 1 aromatic carbocycles. The Balaban J connectivity index is 3.63. The van der Waals surface area contributed by atoms with Crippen LogP contribution in [0.5, 0.6) is 0 Å². The third-order valence-corrected chi connectivity index (χ3v) is 2.25. The van der Waals surface area contributed by atoms with Crippen molar-refractivity contribution < 1.29 is 18.5 Å². The highest BCUT2D eigenvalue weighted by Crippen LogP contribution is 2.36. The lowest BCUT2D eigenvalue weighted by atomic mass is 10.0. The molecule has 0 N–H and O–H groups in total. The van der Waals surface area contributed by atoms with Gasteiger partial charge < -0.3 is 0 Å². The molecule has 4 nitrogen and oxygen atoms in total. The zero-order valence-corrected chi connectivity index (χ0v) is 8.79. The fourth-order valence-electron chi connectivity index (χ4n) is 1.32. The van der Waals surface area contributed by atoms with E-state index < -0.39 is 33.9 Å².